The molecule has 1 aliphatic rings. The van der Waals surface area contributed by atoms with Crippen LogP contribution in [0.1, 0.15) is 28.8 Å². The fraction of sp³-hybridized carbons (Fsp3) is 0.278. The van der Waals surface area contributed by atoms with Gasteiger partial charge in [-0.2, -0.15) is 9.61 Å². The molecule has 5 rings (SSSR count). The minimum Gasteiger partial charge on any atom is -0.278 e. The summed E-state index contributed by atoms with van der Waals surface area (Å²) in [5, 5.41) is 5.30. The molecule has 0 amide bonds. The Morgan fingerprint density at radius 1 is 1.12 bits per heavy atom. The van der Waals surface area contributed by atoms with Crippen LogP contribution in [-0.2, 0) is 19.4 Å². The van der Waals surface area contributed by atoms with Crippen LogP contribution < -0.4 is 5.69 Å². The molecule has 5 nitrogen and oxygen atoms in total. The minimum absolute atomic E-state index is 0.113. The normalized spacial score (nSPS) is 14.3. The molecule has 0 radical (unpaired) electrons. The van der Waals surface area contributed by atoms with Crippen LogP contribution in [0.3, 0.4) is 0 Å². The molecule has 3 heterocycles. The third-order valence-electron chi connectivity index (χ3n) is 4.76. The molecule has 120 valence electrons. The first-order valence-corrected chi connectivity index (χ1v) is 9.05. The minimum atomic E-state index is -0.113. The number of rotatable bonds is 2. The van der Waals surface area contributed by atoms with E-state index in [1.807, 2.05) is 22.8 Å². The predicted octanol–water partition coefficient (Wildman–Crippen LogP) is 3.03. The molecule has 0 bridgehead atoms. The number of aryl methyl sites for hydroxylation is 2. The van der Waals surface area contributed by atoms with Crippen molar-refractivity contribution < 1.29 is 0 Å². The maximum absolute atomic E-state index is 13.0. The highest BCUT2D eigenvalue weighted by Crippen LogP contribution is 2.37. The number of aromatic nitrogens is 4. The fourth-order valence-electron chi connectivity index (χ4n) is 3.63. The van der Waals surface area contributed by atoms with E-state index in [2.05, 4.69) is 22.2 Å². The Hall–Kier alpha value is -2.47. The number of nitrogens with zero attached hydrogens (tertiary/aromatic N) is 4. The molecule has 0 saturated heterocycles. The number of fused-ring (bicyclic) bond motifs is 5. The van der Waals surface area contributed by atoms with Crippen LogP contribution in [0.2, 0.25) is 0 Å². The Labute approximate surface area is 142 Å². The van der Waals surface area contributed by atoms with Crippen LogP contribution in [-0.4, -0.2) is 19.2 Å². The van der Waals surface area contributed by atoms with E-state index in [0.717, 1.165) is 28.6 Å². The SMILES string of the molecule is O=c1n(Cc2ccccc2)c2sc3c(c2c2ncnn12)CCCC3. The third kappa shape index (κ3) is 1.96. The first-order chi connectivity index (χ1) is 11.8. The first-order valence-electron chi connectivity index (χ1n) is 8.23. The number of hydrogen-bond acceptors (Lipinski definition) is 4. The number of benzene rings is 1. The summed E-state index contributed by atoms with van der Waals surface area (Å²) in [6.45, 7) is 0.561. The van der Waals surface area contributed by atoms with Crippen LogP contribution in [0.4, 0.5) is 0 Å². The highest BCUT2D eigenvalue weighted by atomic mass is 32.1. The van der Waals surface area contributed by atoms with Crippen LogP contribution in [0.25, 0.3) is 15.9 Å². The van der Waals surface area contributed by atoms with E-state index < -0.39 is 0 Å². The molecular formula is C18H16N4OS. The van der Waals surface area contributed by atoms with Gasteiger partial charge in [0.1, 0.15) is 11.2 Å². The fourth-order valence-corrected chi connectivity index (χ4v) is 5.01. The van der Waals surface area contributed by atoms with E-state index in [9.17, 15) is 4.79 Å². The highest BCUT2D eigenvalue weighted by Gasteiger charge is 2.23. The molecule has 3 aromatic heterocycles. The molecule has 1 aromatic carbocycles. The molecule has 0 unspecified atom stereocenters. The van der Waals surface area contributed by atoms with Gasteiger partial charge in [-0.1, -0.05) is 30.3 Å². The van der Waals surface area contributed by atoms with Crippen molar-refractivity contribution in [2.24, 2.45) is 0 Å². The average Bonchev–Trinajstić information content (AvgIpc) is 3.23. The quantitative estimate of drug-likeness (QED) is 0.565. The lowest BCUT2D eigenvalue weighted by molar-refractivity contribution is 0.698. The van der Waals surface area contributed by atoms with E-state index in [1.54, 1.807) is 11.3 Å². The lowest BCUT2D eigenvalue weighted by atomic mass is 9.97. The molecule has 4 aromatic rings. The Morgan fingerprint density at radius 3 is 2.83 bits per heavy atom. The highest BCUT2D eigenvalue weighted by molar-refractivity contribution is 7.19. The monoisotopic (exact) mass is 336 g/mol. The summed E-state index contributed by atoms with van der Waals surface area (Å²) in [5.41, 5.74) is 3.09. The zero-order valence-electron chi connectivity index (χ0n) is 13.1. The zero-order chi connectivity index (χ0) is 16.1. The van der Waals surface area contributed by atoms with Gasteiger partial charge in [0.05, 0.1) is 11.9 Å². The summed E-state index contributed by atoms with van der Waals surface area (Å²) >= 11 is 1.76. The summed E-state index contributed by atoms with van der Waals surface area (Å²) in [6, 6.07) is 10.1. The van der Waals surface area contributed by atoms with Gasteiger partial charge in [0.25, 0.3) is 0 Å². The smallest absolute Gasteiger partial charge is 0.278 e. The van der Waals surface area contributed by atoms with E-state index >= 15 is 0 Å². The van der Waals surface area contributed by atoms with Gasteiger partial charge in [-0.05, 0) is 36.8 Å². The maximum atomic E-state index is 13.0. The van der Waals surface area contributed by atoms with Crippen molar-refractivity contribution in [3.8, 4) is 0 Å². The molecule has 1 aliphatic carbocycles. The third-order valence-corrected chi connectivity index (χ3v) is 6.08. The topological polar surface area (TPSA) is 52.2 Å². The van der Waals surface area contributed by atoms with Crippen molar-refractivity contribution >= 4 is 27.2 Å². The molecule has 24 heavy (non-hydrogen) atoms. The molecule has 6 heteroatoms. The van der Waals surface area contributed by atoms with E-state index in [-0.39, 0.29) is 5.69 Å². The van der Waals surface area contributed by atoms with Crippen LogP contribution in [0, 0.1) is 0 Å². The lowest BCUT2D eigenvalue weighted by Crippen LogP contribution is -2.27. The standard InChI is InChI=1S/C18H16N4OS/c23-18-21(10-12-6-2-1-3-7-12)17-15(16-19-11-20-22(16)18)13-8-4-5-9-14(13)24-17/h1-3,6-7,11H,4-5,8-10H2. The van der Waals surface area contributed by atoms with Gasteiger partial charge in [0.2, 0.25) is 0 Å². The largest absolute Gasteiger partial charge is 0.352 e. The average molecular weight is 336 g/mol. The molecule has 0 aliphatic heterocycles. The Kier molecular flexibility index (Phi) is 3.06. The van der Waals surface area contributed by atoms with Gasteiger partial charge in [0, 0.05) is 4.88 Å². The van der Waals surface area contributed by atoms with Crippen molar-refractivity contribution in [2.75, 3.05) is 0 Å². The molecule has 0 saturated carbocycles. The molecule has 0 fully saturated rings. The van der Waals surface area contributed by atoms with Gasteiger partial charge >= 0.3 is 5.69 Å². The van der Waals surface area contributed by atoms with E-state index in [4.69, 9.17) is 0 Å². The van der Waals surface area contributed by atoms with Crippen molar-refractivity contribution in [2.45, 2.75) is 32.2 Å². The number of thiophene rings is 1. The Morgan fingerprint density at radius 2 is 1.96 bits per heavy atom. The Balaban J connectivity index is 1.85. The van der Waals surface area contributed by atoms with Crippen molar-refractivity contribution in [1.29, 1.82) is 0 Å². The maximum Gasteiger partial charge on any atom is 0.352 e. The van der Waals surface area contributed by atoms with Crippen LogP contribution >= 0.6 is 11.3 Å². The van der Waals surface area contributed by atoms with Gasteiger partial charge in [-0.3, -0.25) is 4.57 Å². The van der Waals surface area contributed by atoms with Gasteiger partial charge < -0.3 is 0 Å². The first kappa shape index (κ1) is 13.9. The summed E-state index contributed by atoms with van der Waals surface area (Å²) in [7, 11) is 0. The molecule has 0 spiro atoms. The van der Waals surface area contributed by atoms with Gasteiger partial charge in [-0.15, -0.1) is 11.3 Å². The molecule has 0 atom stereocenters. The second-order valence-electron chi connectivity index (χ2n) is 6.24. The number of hydrogen-bond donors (Lipinski definition) is 0. The van der Waals surface area contributed by atoms with Crippen molar-refractivity contribution in [1.82, 2.24) is 19.2 Å². The zero-order valence-corrected chi connectivity index (χ0v) is 13.9. The van der Waals surface area contributed by atoms with Crippen LogP contribution in [0.15, 0.2) is 41.5 Å². The summed E-state index contributed by atoms with van der Waals surface area (Å²) in [5.74, 6) is 0. The van der Waals surface area contributed by atoms with E-state index in [1.165, 1.54) is 34.1 Å². The predicted molar refractivity (Wildman–Crippen MR) is 94.8 cm³/mol. The van der Waals surface area contributed by atoms with Crippen molar-refractivity contribution in [3.63, 3.8) is 0 Å². The second-order valence-corrected chi connectivity index (χ2v) is 7.32. The van der Waals surface area contributed by atoms with Crippen molar-refractivity contribution in [3.05, 3.63) is 63.1 Å². The van der Waals surface area contributed by atoms with Gasteiger partial charge in [0.15, 0.2) is 5.65 Å². The van der Waals surface area contributed by atoms with Crippen LogP contribution in [0.5, 0.6) is 0 Å². The lowest BCUT2D eigenvalue weighted by Gasteiger charge is -2.11. The van der Waals surface area contributed by atoms with E-state index in [0.29, 0.717) is 12.2 Å². The summed E-state index contributed by atoms with van der Waals surface area (Å²) in [6.07, 6.45) is 6.09. The molecular weight excluding hydrogens is 320 g/mol. The molecule has 0 N–H and O–H groups in total. The van der Waals surface area contributed by atoms with Gasteiger partial charge in [-0.25, -0.2) is 9.78 Å². The second kappa shape index (κ2) is 5.27. The Bertz CT molecular complexity index is 1110. The summed E-state index contributed by atoms with van der Waals surface area (Å²) in [4.78, 5) is 19.8. The summed E-state index contributed by atoms with van der Waals surface area (Å²) < 4.78 is 3.31.